The van der Waals surface area contributed by atoms with E-state index in [1.165, 1.54) is 18.2 Å². The summed E-state index contributed by atoms with van der Waals surface area (Å²) < 4.78 is 34.1. The third-order valence-corrected chi connectivity index (χ3v) is 7.25. The lowest BCUT2D eigenvalue weighted by Gasteiger charge is -2.40. The second-order valence-electron chi connectivity index (χ2n) is 9.17. The molecule has 2 aliphatic heterocycles. The van der Waals surface area contributed by atoms with Gasteiger partial charge in [-0.2, -0.15) is 0 Å². The maximum atomic E-state index is 14.7. The van der Waals surface area contributed by atoms with E-state index in [1.807, 2.05) is 0 Å². The first-order valence-corrected chi connectivity index (χ1v) is 11.2. The van der Waals surface area contributed by atoms with Gasteiger partial charge in [-0.05, 0) is 49.6 Å². The predicted octanol–water partition coefficient (Wildman–Crippen LogP) is 3.81. The van der Waals surface area contributed by atoms with E-state index in [-0.39, 0.29) is 30.1 Å². The quantitative estimate of drug-likeness (QED) is 0.729. The van der Waals surface area contributed by atoms with Crippen LogP contribution in [0.15, 0.2) is 48.5 Å². The average Bonchev–Trinajstić information content (AvgIpc) is 3.45. The van der Waals surface area contributed by atoms with Gasteiger partial charge in [0.15, 0.2) is 0 Å². The van der Waals surface area contributed by atoms with Crippen molar-refractivity contribution in [3.63, 3.8) is 0 Å². The van der Waals surface area contributed by atoms with Gasteiger partial charge in [0.1, 0.15) is 23.8 Å². The molecule has 5 nitrogen and oxygen atoms in total. The third kappa shape index (κ3) is 3.48. The van der Waals surface area contributed by atoms with Crippen molar-refractivity contribution < 1.29 is 23.1 Å². The van der Waals surface area contributed by atoms with Gasteiger partial charge >= 0.3 is 0 Å². The molecule has 2 aromatic carbocycles. The summed E-state index contributed by atoms with van der Waals surface area (Å²) >= 11 is 0. The standard InChI is InChI=1S/C25H26F2N2O3/c26-18-7-9-19(10-8-18)29-17-24(32-15-22(29)30)13-14-28(16-24)23(31)25(11-3-4-12-25)20-5-1-2-6-21(20)27/h1-2,5-10H,3-4,11-17H2. The molecule has 7 heteroatoms. The minimum absolute atomic E-state index is 0.0502. The molecule has 0 aromatic heterocycles. The molecule has 5 rings (SSSR count). The molecule has 0 radical (unpaired) electrons. The van der Waals surface area contributed by atoms with Crippen LogP contribution >= 0.6 is 0 Å². The number of carbonyl (C=O) groups excluding carboxylic acids is 2. The zero-order valence-electron chi connectivity index (χ0n) is 17.9. The van der Waals surface area contributed by atoms with E-state index in [4.69, 9.17) is 4.74 Å². The highest BCUT2D eigenvalue weighted by Gasteiger charge is 2.52. The molecule has 32 heavy (non-hydrogen) atoms. The Morgan fingerprint density at radius 2 is 1.66 bits per heavy atom. The minimum Gasteiger partial charge on any atom is -0.361 e. The highest BCUT2D eigenvalue weighted by Crippen LogP contribution is 2.45. The Labute approximate surface area is 186 Å². The summed E-state index contributed by atoms with van der Waals surface area (Å²) in [5.41, 5.74) is -0.413. The highest BCUT2D eigenvalue weighted by molar-refractivity contribution is 5.95. The van der Waals surface area contributed by atoms with Crippen molar-refractivity contribution in [3.8, 4) is 0 Å². The summed E-state index contributed by atoms with van der Waals surface area (Å²) in [6, 6.07) is 12.4. The van der Waals surface area contributed by atoms with Gasteiger partial charge in [0.25, 0.3) is 5.91 Å². The van der Waals surface area contributed by atoms with E-state index in [9.17, 15) is 18.4 Å². The van der Waals surface area contributed by atoms with Crippen molar-refractivity contribution in [2.75, 3.05) is 31.1 Å². The van der Waals surface area contributed by atoms with Crippen LogP contribution in [0.3, 0.4) is 0 Å². The summed E-state index contributed by atoms with van der Waals surface area (Å²) in [5, 5.41) is 0. The predicted molar refractivity (Wildman–Crippen MR) is 115 cm³/mol. The minimum atomic E-state index is -0.835. The number of rotatable bonds is 3. The number of likely N-dealkylation sites (tertiary alicyclic amines) is 1. The second kappa shape index (κ2) is 7.96. The molecule has 1 atom stereocenters. The van der Waals surface area contributed by atoms with E-state index >= 15 is 0 Å². The summed E-state index contributed by atoms with van der Waals surface area (Å²) in [7, 11) is 0. The fourth-order valence-corrected chi connectivity index (χ4v) is 5.56. The van der Waals surface area contributed by atoms with Gasteiger partial charge in [-0.3, -0.25) is 9.59 Å². The van der Waals surface area contributed by atoms with Crippen molar-refractivity contribution in [3.05, 3.63) is 65.7 Å². The largest absolute Gasteiger partial charge is 0.361 e. The fraction of sp³-hybridized carbons (Fsp3) is 0.440. The molecule has 2 saturated heterocycles. The van der Waals surface area contributed by atoms with Crippen LogP contribution in [-0.4, -0.2) is 48.6 Å². The maximum Gasteiger partial charge on any atom is 0.253 e. The monoisotopic (exact) mass is 440 g/mol. The number of amides is 2. The Hall–Kier alpha value is -2.80. The first-order valence-electron chi connectivity index (χ1n) is 11.2. The van der Waals surface area contributed by atoms with Crippen molar-refractivity contribution in [1.29, 1.82) is 0 Å². The van der Waals surface area contributed by atoms with Crippen molar-refractivity contribution in [2.45, 2.75) is 43.1 Å². The SMILES string of the molecule is O=C1COC2(CCN(C(=O)C3(c4ccccc4F)CCCC3)C2)CN1c1ccc(F)cc1. The first kappa shape index (κ1) is 21.1. The molecule has 2 amide bonds. The summed E-state index contributed by atoms with van der Waals surface area (Å²) in [6.45, 7) is 1.07. The Kier molecular flexibility index (Phi) is 5.24. The van der Waals surface area contributed by atoms with Crippen LogP contribution in [0.4, 0.5) is 14.5 Å². The van der Waals surface area contributed by atoms with E-state index in [1.54, 1.807) is 40.1 Å². The van der Waals surface area contributed by atoms with Crippen LogP contribution in [0.25, 0.3) is 0 Å². The molecule has 1 saturated carbocycles. The zero-order valence-corrected chi connectivity index (χ0v) is 17.9. The number of hydrogen-bond donors (Lipinski definition) is 0. The summed E-state index contributed by atoms with van der Waals surface area (Å²) in [5.74, 6) is -0.938. The normalized spacial score (nSPS) is 25.0. The Morgan fingerprint density at radius 1 is 0.938 bits per heavy atom. The molecule has 3 aliphatic rings. The van der Waals surface area contributed by atoms with Gasteiger partial charge < -0.3 is 14.5 Å². The topological polar surface area (TPSA) is 49.9 Å². The number of benzene rings is 2. The van der Waals surface area contributed by atoms with Crippen LogP contribution in [-0.2, 0) is 19.7 Å². The number of morpholine rings is 1. The number of ether oxygens (including phenoxy) is 1. The molecule has 2 aromatic rings. The lowest BCUT2D eigenvalue weighted by atomic mass is 9.77. The Balaban J connectivity index is 1.38. The van der Waals surface area contributed by atoms with Gasteiger partial charge in [-0.15, -0.1) is 0 Å². The lowest BCUT2D eigenvalue weighted by molar-refractivity contribution is -0.142. The summed E-state index contributed by atoms with van der Waals surface area (Å²) in [4.78, 5) is 29.7. The highest BCUT2D eigenvalue weighted by atomic mass is 19.1. The number of carbonyl (C=O) groups is 2. The molecule has 0 N–H and O–H groups in total. The fourth-order valence-electron chi connectivity index (χ4n) is 5.56. The smallest absolute Gasteiger partial charge is 0.253 e. The molecule has 1 spiro atoms. The Morgan fingerprint density at radius 3 is 2.38 bits per heavy atom. The third-order valence-electron chi connectivity index (χ3n) is 7.25. The molecule has 3 fully saturated rings. The van der Waals surface area contributed by atoms with Crippen LogP contribution in [0.2, 0.25) is 0 Å². The van der Waals surface area contributed by atoms with Gasteiger partial charge in [-0.1, -0.05) is 31.0 Å². The first-order chi connectivity index (χ1) is 15.4. The van der Waals surface area contributed by atoms with E-state index in [2.05, 4.69) is 0 Å². The van der Waals surface area contributed by atoms with Gasteiger partial charge in [0.2, 0.25) is 5.91 Å². The number of hydrogen-bond acceptors (Lipinski definition) is 3. The van der Waals surface area contributed by atoms with Gasteiger partial charge in [0, 0.05) is 17.8 Å². The van der Waals surface area contributed by atoms with Crippen molar-refractivity contribution in [2.24, 2.45) is 0 Å². The van der Waals surface area contributed by atoms with Crippen LogP contribution in [0, 0.1) is 11.6 Å². The van der Waals surface area contributed by atoms with Crippen molar-refractivity contribution in [1.82, 2.24) is 4.90 Å². The second-order valence-corrected chi connectivity index (χ2v) is 9.17. The van der Waals surface area contributed by atoms with Crippen LogP contribution in [0.5, 0.6) is 0 Å². The average molecular weight is 440 g/mol. The van der Waals surface area contributed by atoms with E-state index < -0.39 is 11.0 Å². The molecule has 168 valence electrons. The van der Waals surface area contributed by atoms with Gasteiger partial charge in [-0.25, -0.2) is 8.78 Å². The van der Waals surface area contributed by atoms with Gasteiger partial charge in [0.05, 0.1) is 18.5 Å². The van der Waals surface area contributed by atoms with E-state index in [0.29, 0.717) is 50.1 Å². The maximum absolute atomic E-state index is 14.7. The molecule has 1 aliphatic carbocycles. The zero-order chi connectivity index (χ0) is 22.3. The number of nitrogens with zero attached hydrogens (tertiary/aromatic N) is 2. The molecule has 0 bridgehead atoms. The lowest BCUT2D eigenvalue weighted by Crippen LogP contribution is -2.57. The number of anilines is 1. The van der Waals surface area contributed by atoms with Crippen LogP contribution in [0.1, 0.15) is 37.7 Å². The molecular formula is C25H26F2N2O3. The van der Waals surface area contributed by atoms with E-state index in [0.717, 1.165) is 12.8 Å². The molecule has 1 unspecified atom stereocenters. The molecular weight excluding hydrogens is 414 g/mol. The number of halogens is 2. The summed E-state index contributed by atoms with van der Waals surface area (Å²) in [6.07, 6.45) is 3.65. The van der Waals surface area contributed by atoms with Crippen LogP contribution < -0.4 is 4.90 Å². The van der Waals surface area contributed by atoms with Crippen molar-refractivity contribution >= 4 is 17.5 Å². The Bertz CT molecular complexity index is 1040. The molecule has 2 heterocycles.